The van der Waals surface area contributed by atoms with Crippen LogP contribution < -0.4 is 0 Å². The van der Waals surface area contributed by atoms with E-state index in [4.69, 9.17) is 9.84 Å². The standard InChI is InChI=1S/C8H10O5/c1-12-6(9)5-4-2-8(5,3-13-4)7(10)11/h4-5H,2-3H2,1H3,(H,10,11)/t4?,5?,8-/m0/s1. The first kappa shape index (κ1) is 8.50. The number of carboxylic acid groups (broad SMARTS) is 1. The summed E-state index contributed by atoms with van der Waals surface area (Å²) in [5, 5.41) is 8.94. The van der Waals surface area contributed by atoms with Crippen molar-refractivity contribution in [2.24, 2.45) is 11.3 Å². The molecule has 0 amide bonds. The van der Waals surface area contributed by atoms with Crippen LogP contribution in [0.2, 0.25) is 0 Å². The van der Waals surface area contributed by atoms with E-state index < -0.39 is 23.3 Å². The molecule has 1 aliphatic carbocycles. The number of methoxy groups -OCH3 is 1. The Labute approximate surface area is 74.6 Å². The Morgan fingerprint density at radius 3 is 2.77 bits per heavy atom. The second-order valence-electron chi connectivity index (χ2n) is 3.52. The van der Waals surface area contributed by atoms with Crippen molar-refractivity contribution in [3.8, 4) is 0 Å². The number of hydrogen-bond donors (Lipinski definition) is 1. The molecule has 72 valence electrons. The number of carbonyl (C=O) groups excluding carboxylic acids is 1. The summed E-state index contributed by atoms with van der Waals surface area (Å²) in [4.78, 5) is 22.1. The van der Waals surface area contributed by atoms with E-state index in [0.29, 0.717) is 6.42 Å². The van der Waals surface area contributed by atoms with E-state index in [1.165, 1.54) is 7.11 Å². The van der Waals surface area contributed by atoms with Crippen molar-refractivity contribution in [1.29, 1.82) is 0 Å². The highest BCUT2D eigenvalue weighted by Gasteiger charge is 2.69. The summed E-state index contributed by atoms with van der Waals surface area (Å²) in [5.41, 5.74) is -1.00. The van der Waals surface area contributed by atoms with Gasteiger partial charge in [-0.15, -0.1) is 0 Å². The number of esters is 1. The average Bonchev–Trinajstić information content (AvgIpc) is 2.60. The van der Waals surface area contributed by atoms with Crippen LogP contribution in [0.4, 0.5) is 0 Å². The van der Waals surface area contributed by atoms with E-state index in [1.54, 1.807) is 0 Å². The maximum absolute atomic E-state index is 11.2. The maximum Gasteiger partial charge on any atom is 0.313 e. The van der Waals surface area contributed by atoms with Gasteiger partial charge in [0, 0.05) is 0 Å². The molecule has 5 nitrogen and oxygen atoms in total. The normalized spacial score (nSPS) is 41.0. The lowest BCUT2D eigenvalue weighted by molar-refractivity contribution is -0.171. The Morgan fingerprint density at radius 2 is 2.31 bits per heavy atom. The molecule has 2 aliphatic heterocycles. The van der Waals surface area contributed by atoms with Crippen LogP contribution in [0.25, 0.3) is 0 Å². The number of fused-ring (bicyclic) bond motifs is 1. The highest BCUT2D eigenvalue weighted by Crippen LogP contribution is 2.55. The predicted molar refractivity (Wildman–Crippen MR) is 39.9 cm³/mol. The Morgan fingerprint density at radius 1 is 1.62 bits per heavy atom. The molecule has 0 aromatic carbocycles. The van der Waals surface area contributed by atoms with Gasteiger partial charge in [0.1, 0.15) is 11.3 Å². The summed E-state index contributed by atoms with van der Waals surface area (Å²) < 4.78 is 9.67. The summed E-state index contributed by atoms with van der Waals surface area (Å²) in [6, 6.07) is 0. The lowest BCUT2D eigenvalue weighted by atomic mass is 9.61. The Kier molecular flexibility index (Phi) is 1.60. The van der Waals surface area contributed by atoms with Gasteiger partial charge in [0.25, 0.3) is 0 Å². The van der Waals surface area contributed by atoms with Gasteiger partial charge in [0.2, 0.25) is 0 Å². The molecule has 5 heteroatoms. The van der Waals surface area contributed by atoms with Crippen LogP contribution >= 0.6 is 0 Å². The van der Waals surface area contributed by atoms with Gasteiger partial charge >= 0.3 is 11.9 Å². The highest BCUT2D eigenvalue weighted by molar-refractivity contribution is 5.88. The van der Waals surface area contributed by atoms with Gasteiger partial charge in [-0.05, 0) is 6.42 Å². The van der Waals surface area contributed by atoms with Crippen LogP contribution in [0.5, 0.6) is 0 Å². The highest BCUT2D eigenvalue weighted by atomic mass is 16.5. The molecule has 3 atom stereocenters. The van der Waals surface area contributed by atoms with Crippen molar-refractivity contribution in [2.75, 3.05) is 13.7 Å². The fourth-order valence-corrected chi connectivity index (χ4v) is 2.15. The molecule has 2 saturated heterocycles. The third kappa shape index (κ3) is 0.848. The number of carboxylic acids is 1. The monoisotopic (exact) mass is 186 g/mol. The van der Waals surface area contributed by atoms with Crippen LogP contribution in [0, 0.1) is 11.3 Å². The van der Waals surface area contributed by atoms with E-state index >= 15 is 0 Å². The first-order valence-corrected chi connectivity index (χ1v) is 4.04. The predicted octanol–water partition coefficient (Wildman–Crippen LogP) is -0.351. The smallest absolute Gasteiger partial charge is 0.313 e. The van der Waals surface area contributed by atoms with E-state index in [-0.39, 0.29) is 12.7 Å². The van der Waals surface area contributed by atoms with Crippen LogP contribution in [-0.4, -0.2) is 36.9 Å². The number of carbonyl (C=O) groups is 2. The molecule has 3 fully saturated rings. The van der Waals surface area contributed by atoms with Crippen molar-refractivity contribution in [1.82, 2.24) is 0 Å². The molecular weight excluding hydrogens is 176 g/mol. The zero-order valence-electron chi connectivity index (χ0n) is 7.15. The molecule has 2 heterocycles. The number of hydrogen-bond acceptors (Lipinski definition) is 4. The molecule has 3 rings (SSSR count). The minimum atomic E-state index is -1.00. The van der Waals surface area contributed by atoms with Crippen molar-refractivity contribution in [3.63, 3.8) is 0 Å². The fraction of sp³-hybridized carbons (Fsp3) is 0.750. The second kappa shape index (κ2) is 2.45. The molecular formula is C8H10O5. The van der Waals surface area contributed by atoms with E-state index in [9.17, 15) is 9.59 Å². The van der Waals surface area contributed by atoms with Crippen LogP contribution in [0.3, 0.4) is 0 Å². The van der Waals surface area contributed by atoms with E-state index in [2.05, 4.69) is 4.74 Å². The van der Waals surface area contributed by atoms with Crippen molar-refractivity contribution < 1.29 is 24.2 Å². The molecule has 1 saturated carbocycles. The van der Waals surface area contributed by atoms with Gasteiger partial charge in [-0.25, -0.2) is 0 Å². The zero-order chi connectivity index (χ0) is 9.64. The number of ether oxygens (including phenoxy) is 2. The van der Waals surface area contributed by atoms with Gasteiger partial charge in [-0.2, -0.15) is 0 Å². The molecule has 2 unspecified atom stereocenters. The lowest BCUT2D eigenvalue weighted by Crippen LogP contribution is -2.54. The quantitative estimate of drug-likeness (QED) is 0.596. The van der Waals surface area contributed by atoms with Crippen LogP contribution in [0.15, 0.2) is 0 Å². The summed E-state index contributed by atoms with van der Waals surface area (Å²) in [5.74, 6) is -2.04. The van der Waals surface area contributed by atoms with Crippen LogP contribution in [-0.2, 0) is 19.1 Å². The number of rotatable bonds is 2. The molecule has 0 radical (unpaired) electrons. The largest absolute Gasteiger partial charge is 0.481 e. The first-order chi connectivity index (χ1) is 6.12. The van der Waals surface area contributed by atoms with Crippen LogP contribution in [0.1, 0.15) is 6.42 Å². The first-order valence-electron chi connectivity index (χ1n) is 4.04. The van der Waals surface area contributed by atoms with Crippen molar-refractivity contribution >= 4 is 11.9 Å². The van der Waals surface area contributed by atoms with Gasteiger partial charge in [0.15, 0.2) is 0 Å². The molecule has 0 spiro atoms. The van der Waals surface area contributed by atoms with Gasteiger partial charge in [-0.3, -0.25) is 9.59 Å². The maximum atomic E-state index is 11.2. The van der Waals surface area contributed by atoms with Gasteiger partial charge in [-0.1, -0.05) is 0 Å². The molecule has 0 aromatic heterocycles. The van der Waals surface area contributed by atoms with Crippen molar-refractivity contribution in [3.05, 3.63) is 0 Å². The minimum Gasteiger partial charge on any atom is -0.481 e. The Balaban J connectivity index is 2.23. The average molecular weight is 186 g/mol. The SMILES string of the molecule is COC(=O)C1C2C[C@]1(C(=O)O)CO2. The van der Waals surface area contributed by atoms with Gasteiger partial charge < -0.3 is 14.6 Å². The summed E-state index contributed by atoms with van der Waals surface area (Å²) in [6.07, 6.45) is 0.186. The molecule has 1 N–H and O–H groups in total. The van der Waals surface area contributed by atoms with Gasteiger partial charge in [0.05, 0.1) is 19.8 Å². The van der Waals surface area contributed by atoms with Crippen molar-refractivity contribution in [2.45, 2.75) is 12.5 Å². The van der Waals surface area contributed by atoms with E-state index in [0.717, 1.165) is 0 Å². The molecule has 2 bridgehead atoms. The number of aliphatic carboxylic acids is 1. The third-order valence-corrected chi connectivity index (χ3v) is 2.97. The zero-order valence-corrected chi connectivity index (χ0v) is 7.15. The lowest BCUT2D eigenvalue weighted by Gasteiger charge is -2.38. The third-order valence-electron chi connectivity index (χ3n) is 2.97. The molecule has 13 heavy (non-hydrogen) atoms. The second-order valence-corrected chi connectivity index (χ2v) is 3.52. The van der Waals surface area contributed by atoms with E-state index in [1.807, 2.05) is 0 Å². The Bertz CT molecular complexity index is 270. The topological polar surface area (TPSA) is 72.8 Å². The summed E-state index contributed by atoms with van der Waals surface area (Å²) >= 11 is 0. The Hall–Kier alpha value is -1.10. The summed E-state index contributed by atoms with van der Waals surface area (Å²) in [6.45, 7) is 0.132. The fourth-order valence-electron chi connectivity index (χ4n) is 2.15. The molecule has 3 aliphatic rings. The molecule has 0 aromatic rings. The summed E-state index contributed by atoms with van der Waals surface area (Å²) in [7, 11) is 1.26. The minimum absolute atomic E-state index is 0.132.